The number of aromatic nitrogens is 2. The zero-order chi connectivity index (χ0) is 14.3. The van der Waals surface area contributed by atoms with Crippen molar-refractivity contribution in [1.29, 1.82) is 0 Å². The number of hydrogen-bond donors (Lipinski definition) is 1. The van der Waals surface area contributed by atoms with Crippen LogP contribution in [-0.2, 0) is 4.79 Å². The summed E-state index contributed by atoms with van der Waals surface area (Å²) in [7, 11) is 0. The van der Waals surface area contributed by atoms with E-state index in [0.29, 0.717) is 0 Å². The molecule has 3 rings (SSSR count). The van der Waals surface area contributed by atoms with Crippen LogP contribution in [0.5, 0.6) is 0 Å². The summed E-state index contributed by atoms with van der Waals surface area (Å²) in [6.45, 7) is 4.76. The molecule has 0 aromatic carbocycles. The second-order valence-corrected chi connectivity index (χ2v) is 6.76. The molecule has 0 bridgehead atoms. The Morgan fingerprint density at radius 1 is 1.50 bits per heavy atom. The Morgan fingerprint density at radius 3 is 3.05 bits per heavy atom. The van der Waals surface area contributed by atoms with Gasteiger partial charge in [0, 0.05) is 6.54 Å². The second kappa shape index (κ2) is 4.70. The average Bonchev–Trinajstić information content (AvgIpc) is 2.84. The SMILES string of the molecule is CC1(C)CCCN(c2ncnc3sccc23)C1C(=O)O. The predicted molar refractivity (Wildman–Crippen MR) is 79.2 cm³/mol. The van der Waals surface area contributed by atoms with Crippen LogP contribution < -0.4 is 4.90 Å². The van der Waals surface area contributed by atoms with E-state index in [0.717, 1.165) is 35.4 Å². The lowest BCUT2D eigenvalue weighted by molar-refractivity contribution is -0.142. The number of hydrogen-bond acceptors (Lipinski definition) is 5. The van der Waals surface area contributed by atoms with Gasteiger partial charge in [-0.3, -0.25) is 0 Å². The highest BCUT2D eigenvalue weighted by atomic mass is 32.1. The first-order chi connectivity index (χ1) is 9.50. The Bertz CT molecular complexity index is 653. The van der Waals surface area contributed by atoms with Crippen molar-refractivity contribution in [3.63, 3.8) is 0 Å². The number of carboxylic acids is 1. The van der Waals surface area contributed by atoms with Crippen molar-refractivity contribution < 1.29 is 9.90 Å². The summed E-state index contributed by atoms with van der Waals surface area (Å²) in [4.78, 5) is 23.2. The Labute approximate surface area is 121 Å². The maximum absolute atomic E-state index is 11.7. The van der Waals surface area contributed by atoms with Gasteiger partial charge in [0.05, 0.1) is 5.39 Å². The van der Waals surface area contributed by atoms with E-state index in [9.17, 15) is 9.90 Å². The van der Waals surface area contributed by atoms with Crippen LogP contribution in [0.3, 0.4) is 0 Å². The van der Waals surface area contributed by atoms with E-state index in [1.165, 1.54) is 6.33 Å². The number of anilines is 1. The van der Waals surface area contributed by atoms with Gasteiger partial charge in [-0.05, 0) is 29.7 Å². The number of carboxylic acid groups (broad SMARTS) is 1. The maximum atomic E-state index is 11.7. The Balaban J connectivity index is 2.11. The molecule has 1 N–H and O–H groups in total. The normalized spacial score (nSPS) is 22.1. The lowest BCUT2D eigenvalue weighted by Crippen LogP contribution is -2.54. The quantitative estimate of drug-likeness (QED) is 0.921. The van der Waals surface area contributed by atoms with Crippen molar-refractivity contribution >= 4 is 33.3 Å². The number of nitrogens with zero attached hydrogens (tertiary/aromatic N) is 3. The third-order valence-electron chi connectivity index (χ3n) is 4.02. The van der Waals surface area contributed by atoms with E-state index in [1.807, 2.05) is 30.2 Å². The van der Waals surface area contributed by atoms with Gasteiger partial charge in [-0.15, -0.1) is 11.3 Å². The fourth-order valence-electron chi connectivity index (χ4n) is 3.09. The van der Waals surface area contributed by atoms with Gasteiger partial charge in [0.2, 0.25) is 0 Å². The number of carbonyl (C=O) groups is 1. The van der Waals surface area contributed by atoms with Crippen LogP contribution in [0.4, 0.5) is 5.82 Å². The molecule has 20 heavy (non-hydrogen) atoms. The molecule has 106 valence electrons. The highest BCUT2D eigenvalue weighted by Crippen LogP contribution is 2.39. The number of piperidine rings is 1. The Kier molecular flexibility index (Phi) is 3.12. The summed E-state index contributed by atoms with van der Waals surface area (Å²) in [5, 5.41) is 12.6. The van der Waals surface area contributed by atoms with E-state index in [2.05, 4.69) is 9.97 Å². The second-order valence-electron chi connectivity index (χ2n) is 5.86. The number of aliphatic carboxylic acids is 1. The molecule has 1 saturated heterocycles. The van der Waals surface area contributed by atoms with Crippen molar-refractivity contribution in [3.05, 3.63) is 17.8 Å². The molecule has 0 amide bonds. The van der Waals surface area contributed by atoms with E-state index in [1.54, 1.807) is 11.3 Å². The molecule has 1 aliphatic heterocycles. The first-order valence-corrected chi connectivity index (χ1v) is 7.56. The molecule has 2 aromatic rings. The molecule has 6 heteroatoms. The van der Waals surface area contributed by atoms with Crippen molar-refractivity contribution in [1.82, 2.24) is 9.97 Å². The minimum atomic E-state index is -0.781. The molecule has 0 saturated carbocycles. The largest absolute Gasteiger partial charge is 0.480 e. The Hall–Kier alpha value is -1.69. The topological polar surface area (TPSA) is 66.3 Å². The average molecular weight is 291 g/mol. The lowest BCUT2D eigenvalue weighted by atomic mass is 9.76. The van der Waals surface area contributed by atoms with Gasteiger partial charge in [0.25, 0.3) is 0 Å². The third kappa shape index (κ3) is 2.04. The molecule has 5 nitrogen and oxygen atoms in total. The summed E-state index contributed by atoms with van der Waals surface area (Å²) in [5.41, 5.74) is -0.266. The van der Waals surface area contributed by atoms with Gasteiger partial charge in [0.1, 0.15) is 23.0 Å². The molecule has 3 heterocycles. The van der Waals surface area contributed by atoms with Crippen LogP contribution in [0.2, 0.25) is 0 Å². The van der Waals surface area contributed by atoms with Crippen LogP contribution in [0.15, 0.2) is 17.8 Å². The highest BCUT2D eigenvalue weighted by molar-refractivity contribution is 7.16. The summed E-state index contributed by atoms with van der Waals surface area (Å²) < 4.78 is 0. The van der Waals surface area contributed by atoms with E-state index < -0.39 is 12.0 Å². The van der Waals surface area contributed by atoms with Crippen LogP contribution in [0, 0.1) is 5.41 Å². The van der Waals surface area contributed by atoms with Crippen molar-refractivity contribution in [2.45, 2.75) is 32.7 Å². The van der Waals surface area contributed by atoms with E-state index in [4.69, 9.17) is 0 Å². The standard InChI is InChI=1S/C14H17N3O2S/c1-14(2)5-3-6-17(10(14)13(18)19)11-9-4-7-20-12(9)16-8-15-11/h4,7-8,10H,3,5-6H2,1-2H3,(H,18,19). The van der Waals surface area contributed by atoms with Crippen molar-refractivity contribution in [2.75, 3.05) is 11.4 Å². The molecule has 1 aliphatic rings. The zero-order valence-electron chi connectivity index (χ0n) is 11.5. The fraction of sp³-hybridized carbons (Fsp3) is 0.500. The van der Waals surface area contributed by atoms with Crippen molar-refractivity contribution in [2.24, 2.45) is 5.41 Å². The van der Waals surface area contributed by atoms with E-state index in [-0.39, 0.29) is 5.41 Å². The number of fused-ring (bicyclic) bond motifs is 1. The monoisotopic (exact) mass is 291 g/mol. The van der Waals surface area contributed by atoms with Crippen LogP contribution in [0.1, 0.15) is 26.7 Å². The summed E-state index contributed by atoms with van der Waals surface area (Å²) in [6, 6.07) is 1.42. The van der Waals surface area contributed by atoms with Gasteiger partial charge in [-0.1, -0.05) is 13.8 Å². The highest BCUT2D eigenvalue weighted by Gasteiger charge is 2.43. The maximum Gasteiger partial charge on any atom is 0.326 e. The first kappa shape index (κ1) is 13.3. The Morgan fingerprint density at radius 2 is 2.30 bits per heavy atom. The number of rotatable bonds is 2. The molecule has 1 unspecified atom stereocenters. The number of thiophene rings is 1. The summed E-state index contributed by atoms with van der Waals surface area (Å²) in [5.74, 6) is -0.0342. The molecular formula is C14H17N3O2S. The van der Waals surface area contributed by atoms with Gasteiger partial charge < -0.3 is 10.0 Å². The zero-order valence-corrected chi connectivity index (χ0v) is 12.4. The van der Waals surface area contributed by atoms with E-state index >= 15 is 0 Å². The minimum absolute atomic E-state index is 0.266. The molecule has 0 aliphatic carbocycles. The van der Waals surface area contributed by atoms with Crippen LogP contribution in [0.25, 0.3) is 10.2 Å². The predicted octanol–water partition coefficient (Wildman–Crippen LogP) is 2.77. The van der Waals surface area contributed by atoms with Gasteiger partial charge in [-0.25, -0.2) is 14.8 Å². The summed E-state index contributed by atoms with van der Waals surface area (Å²) >= 11 is 1.55. The van der Waals surface area contributed by atoms with Crippen LogP contribution >= 0.6 is 11.3 Å². The molecule has 0 spiro atoms. The third-order valence-corrected chi connectivity index (χ3v) is 4.84. The molecular weight excluding hydrogens is 274 g/mol. The lowest BCUT2D eigenvalue weighted by Gasteiger charge is -2.44. The molecule has 1 fully saturated rings. The molecule has 2 aromatic heterocycles. The molecule has 1 atom stereocenters. The van der Waals surface area contributed by atoms with Gasteiger partial charge in [0.15, 0.2) is 0 Å². The van der Waals surface area contributed by atoms with Gasteiger partial charge in [-0.2, -0.15) is 0 Å². The smallest absolute Gasteiger partial charge is 0.326 e. The first-order valence-electron chi connectivity index (χ1n) is 6.68. The van der Waals surface area contributed by atoms with Crippen molar-refractivity contribution in [3.8, 4) is 0 Å². The van der Waals surface area contributed by atoms with Crippen LogP contribution in [-0.4, -0.2) is 33.6 Å². The minimum Gasteiger partial charge on any atom is -0.480 e. The summed E-state index contributed by atoms with van der Waals surface area (Å²) in [6.07, 6.45) is 3.42. The molecule has 0 radical (unpaired) electrons. The van der Waals surface area contributed by atoms with Gasteiger partial charge >= 0.3 is 5.97 Å². The fourth-order valence-corrected chi connectivity index (χ4v) is 3.82.